The van der Waals surface area contributed by atoms with Gasteiger partial charge in [-0.2, -0.15) is 0 Å². The number of pyridine rings is 1. The first-order chi connectivity index (χ1) is 10.2. The largest absolute Gasteiger partial charge is 0.487 e. The minimum Gasteiger partial charge on any atom is -0.487 e. The third-order valence-corrected chi connectivity index (χ3v) is 5.21. The Hall–Kier alpha value is -1.38. The number of carbonyl (C=O) groups excluding carboxylic acids is 1. The average Bonchev–Trinajstić information content (AvgIpc) is 2.76. The van der Waals surface area contributed by atoms with Crippen LogP contribution in [0, 0.1) is 12.3 Å². The van der Waals surface area contributed by atoms with Crippen molar-refractivity contribution in [2.75, 3.05) is 0 Å². The van der Waals surface area contributed by atoms with E-state index in [1.807, 2.05) is 19.1 Å². The molecule has 1 atom stereocenters. The third-order valence-electron chi connectivity index (χ3n) is 5.21. The standard InChI is InChI=1S/C18H25NO2/c1-3-14-15(9-8-13(2)19-14)21-17-12-16(20)18(17)10-6-4-5-7-11-18/h8-9,17H,3-7,10-12H2,1-2H3. The molecular formula is C18H25NO2. The van der Waals surface area contributed by atoms with Crippen molar-refractivity contribution in [3.05, 3.63) is 23.5 Å². The zero-order valence-corrected chi connectivity index (χ0v) is 13.2. The molecule has 3 nitrogen and oxygen atoms in total. The zero-order valence-electron chi connectivity index (χ0n) is 13.2. The van der Waals surface area contributed by atoms with Crippen LogP contribution in [0.5, 0.6) is 5.75 Å². The van der Waals surface area contributed by atoms with Gasteiger partial charge in [0.15, 0.2) is 0 Å². The molecular weight excluding hydrogens is 262 g/mol. The Balaban J connectivity index is 1.80. The molecule has 1 heterocycles. The number of hydrogen-bond donors (Lipinski definition) is 0. The normalized spacial score (nSPS) is 24.5. The first kappa shape index (κ1) is 14.6. The molecule has 0 aromatic carbocycles. The van der Waals surface area contributed by atoms with Crippen molar-refractivity contribution in [2.24, 2.45) is 5.41 Å². The van der Waals surface area contributed by atoms with E-state index in [0.29, 0.717) is 12.2 Å². The lowest BCUT2D eigenvalue weighted by atomic mass is 9.60. The van der Waals surface area contributed by atoms with Crippen molar-refractivity contribution in [1.82, 2.24) is 4.98 Å². The monoisotopic (exact) mass is 287 g/mol. The molecule has 2 fully saturated rings. The molecule has 114 valence electrons. The van der Waals surface area contributed by atoms with Gasteiger partial charge < -0.3 is 4.74 Å². The highest BCUT2D eigenvalue weighted by Gasteiger charge is 2.55. The predicted octanol–water partition coefficient (Wildman–Crippen LogP) is 4.01. The molecule has 0 aliphatic heterocycles. The fourth-order valence-electron chi connectivity index (χ4n) is 3.84. The third kappa shape index (κ3) is 2.58. The predicted molar refractivity (Wildman–Crippen MR) is 82.5 cm³/mol. The number of aromatic nitrogens is 1. The summed E-state index contributed by atoms with van der Waals surface area (Å²) in [7, 11) is 0. The van der Waals surface area contributed by atoms with Gasteiger partial charge in [-0.05, 0) is 38.3 Å². The van der Waals surface area contributed by atoms with Gasteiger partial charge in [-0.25, -0.2) is 0 Å². The molecule has 0 amide bonds. The van der Waals surface area contributed by atoms with E-state index in [0.717, 1.165) is 36.4 Å². The maximum absolute atomic E-state index is 12.3. The number of hydrogen-bond acceptors (Lipinski definition) is 3. The summed E-state index contributed by atoms with van der Waals surface area (Å²) < 4.78 is 6.26. The Morgan fingerprint density at radius 2 is 1.95 bits per heavy atom. The number of carbonyl (C=O) groups is 1. The summed E-state index contributed by atoms with van der Waals surface area (Å²) in [6, 6.07) is 4.02. The Morgan fingerprint density at radius 3 is 2.57 bits per heavy atom. The molecule has 1 aromatic rings. The molecule has 2 aliphatic carbocycles. The van der Waals surface area contributed by atoms with Crippen molar-refractivity contribution in [1.29, 1.82) is 0 Å². The fourth-order valence-corrected chi connectivity index (χ4v) is 3.84. The second-order valence-electron chi connectivity index (χ2n) is 6.56. The van der Waals surface area contributed by atoms with Crippen molar-refractivity contribution in [3.63, 3.8) is 0 Å². The van der Waals surface area contributed by atoms with Gasteiger partial charge in [0, 0.05) is 12.1 Å². The molecule has 1 spiro atoms. The van der Waals surface area contributed by atoms with Crippen molar-refractivity contribution >= 4 is 5.78 Å². The quantitative estimate of drug-likeness (QED) is 0.843. The van der Waals surface area contributed by atoms with E-state index < -0.39 is 0 Å². The summed E-state index contributed by atoms with van der Waals surface area (Å²) in [6.07, 6.45) is 8.38. The molecule has 0 N–H and O–H groups in total. The van der Waals surface area contributed by atoms with Crippen LogP contribution in [0.2, 0.25) is 0 Å². The number of ether oxygens (including phenoxy) is 1. The summed E-state index contributed by atoms with van der Waals surface area (Å²) >= 11 is 0. The molecule has 2 saturated carbocycles. The van der Waals surface area contributed by atoms with Crippen LogP contribution in [0.3, 0.4) is 0 Å². The topological polar surface area (TPSA) is 39.2 Å². The molecule has 1 aromatic heterocycles. The summed E-state index contributed by atoms with van der Waals surface area (Å²) in [6.45, 7) is 4.10. The summed E-state index contributed by atoms with van der Waals surface area (Å²) in [4.78, 5) is 16.8. The van der Waals surface area contributed by atoms with Crippen molar-refractivity contribution in [2.45, 2.75) is 71.3 Å². The Kier molecular flexibility index (Phi) is 4.01. The number of aryl methyl sites for hydroxylation is 2. The minimum absolute atomic E-state index is 0.0675. The van der Waals surface area contributed by atoms with E-state index in [1.165, 1.54) is 25.7 Å². The molecule has 21 heavy (non-hydrogen) atoms. The van der Waals surface area contributed by atoms with Gasteiger partial charge in [-0.3, -0.25) is 9.78 Å². The lowest BCUT2D eigenvalue weighted by molar-refractivity contribution is -0.154. The van der Waals surface area contributed by atoms with E-state index in [-0.39, 0.29) is 11.5 Å². The first-order valence-corrected chi connectivity index (χ1v) is 8.32. The molecule has 2 aliphatic rings. The van der Waals surface area contributed by atoms with Crippen molar-refractivity contribution < 1.29 is 9.53 Å². The van der Waals surface area contributed by atoms with Crippen LogP contribution in [-0.4, -0.2) is 16.9 Å². The summed E-state index contributed by atoms with van der Waals surface area (Å²) in [5.74, 6) is 1.30. The van der Waals surface area contributed by atoms with Crippen LogP contribution in [0.15, 0.2) is 12.1 Å². The number of Topliss-reactive ketones (excluding diaryl/α,β-unsaturated/α-hetero) is 1. The van der Waals surface area contributed by atoms with Crippen LogP contribution < -0.4 is 4.74 Å². The SMILES string of the molecule is CCc1nc(C)ccc1OC1CC(=O)C12CCCCCC2. The van der Waals surface area contributed by atoms with E-state index in [1.54, 1.807) is 0 Å². The summed E-state index contributed by atoms with van der Waals surface area (Å²) in [5.41, 5.74) is 1.85. The fraction of sp³-hybridized carbons (Fsp3) is 0.667. The maximum atomic E-state index is 12.3. The van der Waals surface area contributed by atoms with Crippen LogP contribution in [0.1, 0.15) is 63.3 Å². The number of ketones is 1. The lowest BCUT2D eigenvalue weighted by Crippen LogP contribution is -2.56. The molecule has 3 heteroatoms. The lowest BCUT2D eigenvalue weighted by Gasteiger charge is -2.47. The molecule has 0 bridgehead atoms. The second kappa shape index (κ2) is 5.78. The highest BCUT2D eigenvalue weighted by atomic mass is 16.5. The zero-order chi connectivity index (χ0) is 14.9. The maximum Gasteiger partial charge on any atom is 0.146 e. The Morgan fingerprint density at radius 1 is 1.24 bits per heavy atom. The van der Waals surface area contributed by atoms with Crippen LogP contribution in [0.4, 0.5) is 0 Å². The molecule has 1 unspecified atom stereocenters. The van der Waals surface area contributed by atoms with E-state index in [9.17, 15) is 4.79 Å². The van der Waals surface area contributed by atoms with Gasteiger partial charge in [-0.1, -0.05) is 32.6 Å². The highest BCUT2D eigenvalue weighted by Crippen LogP contribution is 2.49. The van der Waals surface area contributed by atoms with E-state index in [4.69, 9.17) is 4.74 Å². The van der Waals surface area contributed by atoms with Crippen LogP contribution >= 0.6 is 0 Å². The summed E-state index contributed by atoms with van der Waals surface area (Å²) in [5, 5.41) is 0. The van der Waals surface area contributed by atoms with E-state index >= 15 is 0 Å². The van der Waals surface area contributed by atoms with Gasteiger partial charge in [0.1, 0.15) is 17.6 Å². The smallest absolute Gasteiger partial charge is 0.146 e. The van der Waals surface area contributed by atoms with Gasteiger partial charge in [0.25, 0.3) is 0 Å². The molecule has 3 rings (SSSR count). The van der Waals surface area contributed by atoms with Gasteiger partial charge in [0.05, 0.1) is 11.1 Å². The van der Waals surface area contributed by atoms with Gasteiger partial charge in [0.2, 0.25) is 0 Å². The average molecular weight is 287 g/mol. The van der Waals surface area contributed by atoms with Crippen molar-refractivity contribution in [3.8, 4) is 5.75 Å². The van der Waals surface area contributed by atoms with Crippen LogP contribution in [0.25, 0.3) is 0 Å². The minimum atomic E-state index is -0.188. The molecule has 0 radical (unpaired) electrons. The number of rotatable bonds is 3. The highest BCUT2D eigenvalue weighted by molar-refractivity contribution is 5.92. The van der Waals surface area contributed by atoms with Gasteiger partial charge >= 0.3 is 0 Å². The Labute approximate surface area is 127 Å². The van der Waals surface area contributed by atoms with Crippen LogP contribution in [-0.2, 0) is 11.2 Å². The second-order valence-corrected chi connectivity index (χ2v) is 6.56. The molecule has 0 saturated heterocycles. The first-order valence-electron chi connectivity index (χ1n) is 8.32. The van der Waals surface area contributed by atoms with E-state index in [2.05, 4.69) is 11.9 Å². The Bertz CT molecular complexity index is 530. The number of nitrogens with zero attached hydrogens (tertiary/aromatic N) is 1. The van der Waals surface area contributed by atoms with Gasteiger partial charge in [-0.15, -0.1) is 0 Å².